The summed E-state index contributed by atoms with van der Waals surface area (Å²) in [6.07, 6.45) is 0. The standard InChI is InChI=1S/C41H50N5O6Si/c1-39(2,3)41(40(4,5)6,25-52-53(8)9)46-36(47)28-17-20-30(32(23-28)38(49)51-24-26-13-11-10-12-14-26)31-21-22-33(50-7)45-34(31)37(48)44-29-18-15-27(16-19-29)35(42)43/h10-23H,24-25H2,1-9H3,(H3,42,43)(H,44,48)(H,46,47). The van der Waals surface area contributed by atoms with Crippen molar-refractivity contribution in [3.63, 3.8) is 0 Å². The minimum absolute atomic E-state index is 0.00739. The Labute approximate surface area is 313 Å². The number of esters is 1. The zero-order valence-electron chi connectivity index (χ0n) is 32.0. The molecule has 4 rings (SSSR count). The van der Waals surface area contributed by atoms with Gasteiger partial charge < -0.3 is 30.3 Å². The molecule has 0 aliphatic heterocycles. The zero-order chi connectivity index (χ0) is 39.1. The molecule has 11 nitrogen and oxygen atoms in total. The lowest BCUT2D eigenvalue weighted by Gasteiger charge is -2.54. The van der Waals surface area contributed by atoms with Crippen molar-refractivity contribution in [3.8, 4) is 17.0 Å². The normalized spacial score (nSPS) is 11.9. The molecule has 0 unspecified atom stereocenters. The maximum absolute atomic E-state index is 14.3. The maximum atomic E-state index is 14.3. The van der Waals surface area contributed by atoms with E-state index in [2.05, 4.69) is 70.3 Å². The molecule has 0 saturated carbocycles. The van der Waals surface area contributed by atoms with Crippen LogP contribution in [0.1, 0.15) is 83.9 Å². The predicted octanol–water partition coefficient (Wildman–Crippen LogP) is 7.48. The van der Waals surface area contributed by atoms with Crippen LogP contribution in [0.4, 0.5) is 5.69 Å². The van der Waals surface area contributed by atoms with E-state index in [-0.39, 0.29) is 41.1 Å². The van der Waals surface area contributed by atoms with Crippen LogP contribution in [0, 0.1) is 16.2 Å². The number of pyridine rings is 1. The number of benzene rings is 3. The Bertz CT molecular complexity index is 1940. The van der Waals surface area contributed by atoms with Gasteiger partial charge in [0.2, 0.25) is 14.9 Å². The molecule has 279 valence electrons. The summed E-state index contributed by atoms with van der Waals surface area (Å²) in [4.78, 5) is 46.6. The summed E-state index contributed by atoms with van der Waals surface area (Å²) in [7, 11) is 0.354. The number of carbonyl (C=O) groups excluding carboxylic acids is 3. The Morgan fingerprint density at radius 1 is 0.811 bits per heavy atom. The number of nitrogens with one attached hydrogen (secondary N) is 3. The second-order valence-electron chi connectivity index (χ2n) is 15.1. The number of nitrogens with two attached hydrogens (primary N) is 1. The monoisotopic (exact) mass is 736 g/mol. The molecule has 53 heavy (non-hydrogen) atoms. The molecule has 0 aliphatic rings. The van der Waals surface area contributed by atoms with E-state index in [0.29, 0.717) is 29.0 Å². The van der Waals surface area contributed by atoms with E-state index in [1.807, 2.05) is 30.3 Å². The number of rotatable bonds is 13. The number of anilines is 1. The number of hydrogen-bond donors (Lipinski definition) is 4. The molecular formula is C41H50N5O6Si. The topological polar surface area (TPSA) is 166 Å². The van der Waals surface area contributed by atoms with E-state index in [9.17, 15) is 14.4 Å². The number of hydrogen-bond acceptors (Lipinski definition) is 8. The van der Waals surface area contributed by atoms with Gasteiger partial charge in [0.15, 0.2) is 0 Å². The van der Waals surface area contributed by atoms with Crippen molar-refractivity contribution in [1.29, 1.82) is 5.41 Å². The van der Waals surface area contributed by atoms with Gasteiger partial charge in [-0.2, -0.15) is 0 Å². The van der Waals surface area contributed by atoms with Gasteiger partial charge in [-0.3, -0.25) is 15.0 Å². The van der Waals surface area contributed by atoms with Crippen molar-refractivity contribution < 1.29 is 28.3 Å². The van der Waals surface area contributed by atoms with Gasteiger partial charge >= 0.3 is 5.97 Å². The fourth-order valence-electron chi connectivity index (χ4n) is 6.25. The largest absolute Gasteiger partial charge is 0.481 e. The van der Waals surface area contributed by atoms with Crippen molar-refractivity contribution in [2.45, 2.75) is 66.8 Å². The minimum Gasteiger partial charge on any atom is -0.481 e. The van der Waals surface area contributed by atoms with E-state index in [1.54, 1.807) is 48.5 Å². The fourth-order valence-corrected chi connectivity index (χ4v) is 6.75. The average Bonchev–Trinajstić information content (AvgIpc) is 3.11. The molecular weight excluding hydrogens is 687 g/mol. The first-order valence-corrected chi connectivity index (χ1v) is 19.7. The third kappa shape index (κ3) is 9.56. The van der Waals surface area contributed by atoms with Crippen LogP contribution in [0.15, 0.2) is 84.9 Å². The fraction of sp³-hybridized carbons (Fsp3) is 0.341. The van der Waals surface area contributed by atoms with Crippen LogP contribution in [0.5, 0.6) is 5.88 Å². The summed E-state index contributed by atoms with van der Waals surface area (Å²) >= 11 is 0. The van der Waals surface area contributed by atoms with E-state index in [1.165, 1.54) is 13.2 Å². The minimum atomic E-state index is -1.08. The molecule has 0 aliphatic carbocycles. The number of nitrogens with zero attached hydrogens (tertiary/aromatic N) is 1. The molecule has 1 radical (unpaired) electrons. The van der Waals surface area contributed by atoms with Gasteiger partial charge in [0.1, 0.15) is 18.1 Å². The number of amidine groups is 1. The third-order valence-corrected chi connectivity index (χ3v) is 9.94. The van der Waals surface area contributed by atoms with Crippen LogP contribution in [-0.2, 0) is 15.8 Å². The first kappa shape index (κ1) is 40.4. The molecule has 1 heterocycles. The van der Waals surface area contributed by atoms with Gasteiger partial charge in [-0.15, -0.1) is 0 Å². The maximum Gasteiger partial charge on any atom is 0.339 e. The molecule has 12 heteroatoms. The summed E-state index contributed by atoms with van der Waals surface area (Å²) < 4.78 is 17.4. The first-order valence-electron chi connectivity index (χ1n) is 17.3. The Morgan fingerprint density at radius 2 is 1.42 bits per heavy atom. The van der Waals surface area contributed by atoms with Crippen molar-refractivity contribution >= 4 is 38.3 Å². The highest BCUT2D eigenvalue weighted by atomic mass is 28.3. The molecule has 4 aromatic rings. The van der Waals surface area contributed by atoms with Crippen molar-refractivity contribution in [3.05, 3.63) is 113 Å². The molecule has 0 bridgehead atoms. The predicted molar refractivity (Wildman–Crippen MR) is 210 cm³/mol. The lowest BCUT2D eigenvalue weighted by atomic mass is 9.60. The van der Waals surface area contributed by atoms with Gasteiger partial charge in [0.25, 0.3) is 11.8 Å². The molecule has 0 saturated heterocycles. The quantitative estimate of drug-likeness (QED) is 0.0475. The van der Waals surface area contributed by atoms with Crippen LogP contribution >= 0.6 is 0 Å². The van der Waals surface area contributed by atoms with Crippen LogP contribution in [0.3, 0.4) is 0 Å². The highest BCUT2D eigenvalue weighted by Gasteiger charge is 2.52. The summed E-state index contributed by atoms with van der Waals surface area (Å²) in [6.45, 7) is 16.9. The highest BCUT2D eigenvalue weighted by Crippen LogP contribution is 2.45. The summed E-state index contributed by atoms with van der Waals surface area (Å²) in [5.41, 5.74) is 6.61. The van der Waals surface area contributed by atoms with Gasteiger partial charge in [-0.1, -0.05) is 77.9 Å². The van der Waals surface area contributed by atoms with Gasteiger partial charge in [0, 0.05) is 28.4 Å². The smallest absolute Gasteiger partial charge is 0.339 e. The molecule has 0 atom stereocenters. The Hall–Kier alpha value is -5.33. The van der Waals surface area contributed by atoms with Gasteiger partial charge in [0.05, 0.1) is 24.8 Å². The SMILES string of the molecule is COc1ccc(-c2ccc(C(=O)NC(CO[Si](C)C)(C(C)(C)C)C(C)(C)C)cc2C(=O)OCc2ccccc2)c(C(=O)Nc2ccc(C(=N)N)cc2)n1. The van der Waals surface area contributed by atoms with Crippen LogP contribution in [0.2, 0.25) is 13.1 Å². The zero-order valence-corrected chi connectivity index (χ0v) is 33.0. The molecule has 1 aromatic heterocycles. The van der Waals surface area contributed by atoms with E-state index in [0.717, 1.165) is 5.56 Å². The highest BCUT2D eigenvalue weighted by molar-refractivity contribution is 6.48. The summed E-state index contributed by atoms with van der Waals surface area (Å²) in [5.74, 6) is -1.57. The van der Waals surface area contributed by atoms with Crippen LogP contribution in [0.25, 0.3) is 11.1 Å². The number of nitrogen functional groups attached to an aromatic ring is 1. The summed E-state index contributed by atoms with van der Waals surface area (Å²) in [6, 6.07) is 23.7. The number of amides is 2. The van der Waals surface area contributed by atoms with Gasteiger partial charge in [-0.05, 0) is 77.5 Å². The van der Waals surface area contributed by atoms with Crippen LogP contribution < -0.4 is 21.1 Å². The Morgan fingerprint density at radius 3 is 1.98 bits per heavy atom. The molecule has 5 N–H and O–H groups in total. The Kier molecular flexibility index (Phi) is 12.6. The summed E-state index contributed by atoms with van der Waals surface area (Å²) in [5, 5.41) is 13.8. The van der Waals surface area contributed by atoms with Crippen molar-refractivity contribution in [2.24, 2.45) is 16.6 Å². The Balaban J connectivity index is 1.83. The van der Waals surface area contributed by atoms with E-state index < -0.39 is 37.3 Å². The molecule has 0 spiro atoms. The molecule has 2 amide bonds. The number of ether oxygens (including phenoxy) is 2. The third-order valence-electron chi connectivity index (χ3n) is 9.22. The van der Waals surface area contributed by atoms with Crippen LogP contribution in [-0.4, -0.2) is 56.9 Å². The first-order chi connectivity index (χ1) is 24.9. The average molecular weight is 737 g/mol. The van der Waals surface area contributed by atoms with E-state index in [4.69, 9.17) is 25.0 Å². The van der Waals surface area contributed by atoms with E-state index >= 15 is 0 Å². The second kappa shape index (κ2) is 16.6. The van der Waals surface area contributed by atoms with Crippen molar-refractivity contribution in [2.75, 3.05) is 19.0 Å². The second-order valence-corrected chi connectivity index (χ2v) is 17.2. The number of aromatic nitrogens is 1. The lowest BCUT2D eigenvalue weighted by Crippen LogP contribution is -2.67. The molecule has 0 fully saturated rings. The van der Waals surface area contributed by atoms with Gasteiger partial charge in [-0.25, -0.2) is 9.78 Å². The number of carbonyl (C=O) groups is 3. The van der Waals surface area contributed by atoms with Crippen molar-refractivity contribution in [1.82, 2.24) is 10.3 Å². The molecule has 3 aromatic carbocycles. The number of methoxy groups -OCH3 is 1. The lowest BCUT2D eigenvalue weighted by molar-refractivity contribution is -0.0146.